The Morgan fingerprint density at radius 2 is 1.94 bits per heavy atom. The van der Waals surface area contributed by atoms with Gasteiger partial charge in [-0.25, -0.2) is 8.42 Å². The van der Waals surface area contributed by atoms with Gasteiger partial charge in [-0.3, -0.25) is 0 Å². The van der Waals surface area contributed by atoms with Crippen LogP contribution in [0.3, 0.4) is 0 Å². The van der Waals surface area contributed by atoms with E-state index >= 15 is 0 Å². The van der Waals surface area contributed by atoms with E-state index in [-0.39, 0.29) is 17.6 Å². The molecule has 0 aliphatic rings. The molecule has 0 saturated carbocycles. The Balaban J connectivity index is 2.49. The van der Waals surface area contributed by atoms with Crippen molar-refractivity contribution in [1.82, 2.24) is 0 Å². The second-order valence-corrected chi connectivity index (χ2v) is 6.61. The first kappa shape index (κ1) is 14.5. The number of rotatable bonds is 6. The standard InChI is InChI=1S/C13H17NO3S/c1-3-11(2)18(15,16)9-8-17-13-6-4-12(10-14)5-7-13/h4-7,11H,3,8-9H2,1-2H3. The predicted molar refractivity (Wildman–Crippen MR) is 70.2 cm³/mol. The summed E-state index contributed by atoms with van der Waals surface area (Å²) in [7, 11) is -3.07. The van der Waals surface area contributed by atoms with Crippen LogP contribution in [0.2, 0.25) is 0 Å². The van der Waals surface area contributed by atoms with Crippen LogP contribution in [0.5, 0.6) is 5.75 Å². The molecule has 18 heavy (non-hydrogen) atoms. The smallest absolute Gasteiger partial charge is 0.156 e. The summed E-state index contributed by atoms with van der Waals surface area (Å²) in [6, 6.07) is 8.60. The van der Waals surface area contributed by atoms with Crippen molar-refractivity contribution in [2.75, 3.05) is 12.4 Å². The van der Waals surface area contributed by atoms with Crippen LogP contribution in [-0.4, -0.2) is 26.0 Å². The first-order valence-electron chi connectivity index (χ1n) is 5.84. The molecule has 0 radical (unpaired) electrons. The van der Waals surface area contributed by atoms with Crippen molar-refractivity contribution in [3.63, 3.8) is 0 Å². The molecule has 0 amide bonds. The van der Waals surface area contributed by atoms with Crippen molar-refractivity contribution in [1.29, 1.82) is 5.26 Å². The summed E-state index contributed by atoms with van der Waals surface area (Å²) >= 11 is 0. The van der Waals surface area contributed by atoms with Crippen molar-refractivity contribution < 1.29 is 13.2 Å². The average molecular weight is 267 g/mol. The second-order valence-electron chi connectivity index (χ2n) is 4.07. The van der Waals surface area contributed by atoms with E-state index in [9.17, 15) is 8.42 Å². The third-order valence-electron chi connectivity index (χ3n) is 2.81. The van der Waals surface area contributed by atoms with E-state index in [1.807, 2.05) is 13.0 Å². The van der Waals surface area contributed by atoms with Gasteiger partial charge in [0.1, 0.15) is 12.4 Å². The summed E-state index contributed by atoms with van der Waals surface area (Å²) in [4.78, 5) is 0. The minimum absolute atomic E-state index is 0.0159. The molecular formula is C13H17NO3S. The zero-order valence-electron chi connectivity index (χ0n) is 10.6. The number of sulfone groups is 1. The number of hydrogen-bond acceptors (Lipinski definition) is 4. The van der Waals surface area contributed by atoms with Crippen molar-refractivity contribution >= 4 is 9.84 Å². The molecule has 0 bridgehead atoms. The Bertz CT molecular complexity index is 514. The Morgan fingerprint density at radius 1 is 1.33 bits per heavy atom. The quantitative estimate of drug-likeness (QED) is 0.792. The topological polar surface area (TPSA) is 67.2 Å². The Morgan fingerprint density at radius 3 is 2.44 bits per heavy atom. The van der Waals surface area contributed by atoms with Crippen LogP contribution < -0.4 is 4.74 Å². The maximum Gasteiger partial charge on any atom is 0.156 e. The Kier molecular flexibility index (Phi) is 5.17. The molecule has 0 saturated heterocycles. The summed E-state index contributed by atoms with van der Waals surface area (Å²) in [6.07, 6.45) is 0.610. The third-order valence-corrected chi connectivity index (χ3v) is 5.10. The van der Waals surface area contributed by atoms with Gasteiger partial charge in [0, 0.05) is 0 Å². The van der Waals surface area contributed by atoms with Gasteiger partial charge in [0.15, 0.2) is 9.84 Å². The highest BCUT2D eigenvalue weighted by molar-refractivity contribution is 7.92. The van der Waals surface area contributed by atoms with E-state index in [2.05, 4.69) is 0 Å². The number of benzene rings is 1. The zero-order valence-corrected chi connectivity index (χ0v) is 11.4. The fraction of sp³-hybridized carbons (Fsp3) is 0.462. The highest BCUT2D eigenvalue weighted by atomic mass is 32.2. The fourth-order valence-electron chi connectivity index (χ4n) is 1.36. The molecular weight excluding hydrogens is 250 g/mol. The summed E-state index contributed by atoms with van der Waals surface area (Å²) in [5.74, 6) is 0.593. The SMILES string of the molecule is CCC(C)S(=O)(=O)CCOc1ccc(C#N)cc1. The molecule has 1 rings (SSSR count). The minimum atomic E-state index is -3.07. The van der Waals surface area contributed by atoms with Crippen molar-refractivity contribution in [2.45, 2.75) is 25.5 Å². The van der Waals surface area contributed by atoms with E-state index in [1.165, 1.54) is 0 Å². The number of ether oxygens (including phenoxy) is 1. The lowest BCUT2D eigenvalue weighted by Gasteiger charge is -2.11. The van der Waals surface area contributed by atoms with Crippen molar-refractivity contribution in [3.8, 4) is 11.8 Å². The number of nitriles is 1. The summed E-state index contributed by atoms with van der Waals surface area (Å²) in [6.45, 7) is 3.69. The van der Waals surface area contributed by atoms with Gasteiger partial charge in [-0.1, -0.05) is 6.92 Å². The molecule has 0 fully saturated rings. The van der Waals surface area contributed by atoms with E-state index in [4.69, 9.17) is 10.00 Å². The van der Waals surface area contributed by atoms with Gasteiger partial charge in [-0.15, -0.1) is 0 Å². The van der Waals surface area contributed by atoms with E-state index in [1.54, 1.807) is 31.2 Å². The normalized spacial score (nSPS) is 12.7. The largest absolute Gasteiger partial charge is 0.493 e. The molecule has 0 spiro atoms. The van der Waals surface area contributed by atoms with Crippen molar-refractivity contribution in [2.24, 2.45) is 0 Å². The van der Waals surface area contributed by atoms with Gasteiger partial charge in [-0.05, 0) is 37.6 Å². The molecule has 1 atom stereocenters. The highest BCUT2D eigenvalue weighted by Gasteiger charge is 2.18. The molecule has 0 heterocycles. The first-order chi connectivity index (χ1) is 8.49. The molecule has 98 valence electrons. The summed E-state index contributed by atoms with van der Waals surface area (Å²) < 4.78 is 28.8. The van der Waals surface area contributed by atoms with Gasteiger partial charge in [0.2, 0.25) is 0 Å². The lowest BCUT2D eigenvalue weighted by Crippen LogP contribution is -2.23. The monoisotopic (exact) mass is 267 g/mol. The molecule has 5 heteroatoms. The van der Waals surface area contributed by atoms with Crippen LogP contribution >= 0.6 is 0 Å². The zero-order chi connectivity index (χ0) is 13.6. The van der Waals surface area contributed by atoms with Crippen molar-refractivity contribution in [3.05, 3.63) is 29.8 Å². The van der Waals surface area contributed by atoms with E-state index < -0.39 is 9.84 Å². The number of hydrogen-bond donors (Lipinski definition) is 0. The summed E-state index contributed by atoms with van der Waals surface area (Å²) in [5.41, 5.74) is 0.551. The molecule has 4 nitrogen and oxygen atoms in total. The van der Waals surface area contributed by atoms with E-state index in [0.717, 1.165) is 0 Å². The molecule has 0 aliphatic carbocycles. The lowest BCUT2D eigenvalue weighted by molar-refractivity contribution is 0.340. The van der Waals surface area contributed by atoms with Crippen LogP contribution in [0, 0.1) is 11.3 Å². The fourth-order valence-corrected chi connectivity index (χ4v) is 2.58. The van der Waals surface area contributed by atoms with Crippen LogP contribution in [-0.2, 0) is 9.84 Å². The lowest BCUT2D eigenvalue weighted by atomic mass is 10.2. The van der Waals surface area contributed by atoms with Gasteiger partial charge in [0.05, 0.1) is 22.6 Å². The molecule has 0 N–H and O–H groups in total. The highest BCUT2D eigenvalue weighted by Crippen LogP contribution is 2.12. The first-order valence-corrected chi connectivity index (χ1v) is 7.55. The second kappa shape index (κ2) is 6.41. The minimum Gasteiger partial charge on any atom is -0.493 e. The van der Waals surface area contributed by atoms with Crippen LogP contribution in [0.4, 0.5) is 0 Å². The number of nitrogens with zero attached hydrogens (tertiary/aromatic N) is 1. The van der Waals surface area contributed by atoms with Crippen LogP contribution in [0.1, 0.15) is 25.8 Å². The molecule has 0 aliphatic heterocycles. The Labute approximate surface area is 108 Å². The average Bonchev–Trinajstić information content (AvgIpc) is 2.38. The Hall–Kier alpha value is -1.54. The van der Waals surface area contributed by atoms with Gasteiger partial charge in [0.25, 0.3) is 0 Å². The summed E-state index contributed by atoms with van der Waals surface area (Å²) in [5, 5.41) is 8.30. The van der Waals surface area contributed by atoms with Crippen LogP contribution in [0.25, 0.3) is 0 Å². The molecule has 1 aromatic rings. The predicted octanol–water partition coefficient (Wildman–Crippen LogP) is 2.15. The van der Waals surface area contributed by atoms with Gasteiger partial charge < -0.3 is 4.74 Å². The maximum atomic E-state index is 11.7. The third kappa shape index (κ3) is 4.04. The van der Waals surface area contributed by atoms with Crippen LogP contribution in [0.15, 0.2) is 24.3 Å². The maximum absolute atomic E-state index is 11.7. The van der Waals surface area contributed by atoms with Gasteiger partial charge in [-0.2, -0.15) is 5.26 Å². The van der Waals surface area contributed by atoms with E-state index in [0.29, 0.717) is 17.7 Å². The molecule has 1 aromatic carbocycles. The van der Waals surface area contributed by atoms with Gasteiger partial charge >= 0.3 is 0 Å². The molecule has 1 unspecified atom stereocenters. The molecule has 0 aromatic heterocycles.